The minimum absolute atomic E-state index is 0.0705. The summed E-state index contributed by atoms with van der Waals surface area (Å²) >= 11 is 0. The van der Waals surface area contributed by atoms with Gasteiger partial charge in [-0.25, -0.2) is 4.98 Å². The number of aromatic nitrogens is 3. The highest BCUT2D eigenvalue weighted by Gasteiger charge is 2.31. The van der Waals surface area contributed by atoms with Crippen molar-refractivity contribution in [3.05, 3.63) is 34.3 Å². The lowest BCUT2D eigenvalue weighted by molar-refractivity contribution is -0.561. The number of amides is 1. The van der Waals surface area contributed by atoms with Crippen molar-refractivity contribution in [2.24, 2.45) is 0 Å². The Kier molecular flexibility index (Phi) is 8.22. The molecule has 0 fully saturated rings. The number of pyridine rings is 1. The standard InChI is InChI=1S/C19H27N5O6/c1-13(12-21-15(25)5-7-19(2,3)24(26)27)17-22-18(30-23-17)14-6-8-20-16(11-14)29-10-9-28-4/h6,8,11,13H,5,7,9-10,12H2,1-4H3,(H,21,25). The maximum atomic E-state index is 12.0. The average molecular weight is 421 g/mol. The van der Waals surface area contributed by atoms with E-state index in [1.807, 2.05) is 6.92 Å². The molecule has 0 radical (unpaired) electrons. The fourth-order valence-electron chi connectivity index (χ4n) is 2.36. The predicted molar refractivity (Wildman–Crippen MR) is 107 cm³/mol. The van der Waals surface area contributed by atoms with Gasteiger partial charge in [0.25, 0.3) is 5.89 Å². The van der Waals surface area contributed by atoms with Crippen LogP contribution < -0.4 is 10.1 Å². The first-order valence-electron chi connectivity index (χ1n) is 9.56. The third-order valence-corrected chi connectivity index (χ3v) is 4.47. The maximum absolute atomic E-state index is 12.0. The topological polar surface area (TPSA) is 143 Å². The molecular weight excluding hydrogens is 394 g/mol. The van der Waals surface area contributed by atoms with E-state index in [0.717, 1.165) is 0 Å². The van der Waals surface area contributed by atoms with Gasteiger partial charge in [-0.05, 0) is 6.07 Å². The summed E-state index contributed by atoms with van der Waals surface area (Å²) in [4.78, 5) is 31.0. The molecule has 2 rings (SSSR count). The van der Waals surface area contributed by atoms with Gasteiger partial charge in [0.15, 0.2) is 5.82 Å². The molecule has 0 aliphatic carbocycles. The van der Waals surface area contributed by atoms with Crippen LogP contribution in [0.2, 0.25) is 0 Å². The number of nitrogens with one attached hydrogen (secondary N) is 1. The Hall–Kier alpha value is -3.08. The molecular formula is C19H27N5O6. The summed E-state index contributed by atoms with van der Waals surface area (Å²) in [6, 6.07) is 3.42. The Morgan fingerprint density at radius 1 is 1.40 bits per heavy atom. The van der Waals surface area contributed by atoms with E-state index in [-0.39, 0.29) is 29.6 Å². The predicted octanol–water partition coefficient (Wildman–Crippen LogP) is 2.21. The summed E-state index contributed by atoms with van der Waals surface area (Å²) in [6.45, 7) is 5.95. The van der Waals surface area contributed by atoms with Crippen LogP contribution in [0.5, 0.6) is 5.88 Å². The van der Waals surface area contributed by atoms with Crippen LogP contribution in [-0.4, -0.2) is 58.4 Å². The number of nitrogens with zero attached hydrogens (tertiary/aromatic N) is 4. The number of ether oxygens (including phenoxy) is 2. The second-order valence-corrected chi connectivity index (χ2v) is 7.46. The first-order chi connectivity index (χ1) is 14.2. The zero-order chi connectivity index (χ0) is 22.1. The fourth-order valence-corrected chi connectivity index (χ4v) is 2.36. The van der Waals surface area contributed by atoms with Gasteiger partial charge in [0.1, 0.15) is 6.61 Å². The first kappa shape index (κ1) is 23.2. The van der Waals surface area contributed by atoms with Gasteiger partial charge in [-0.3, -0.25) is 14.9 Å². The van der Waals surface area contributed by atoms with Crippen molar-refractivity contribution in [2.75, 3.05) is 26.9 Å². The summed E-state index contributed by atoms with van der Waals surface area (Å²) < 4.78 is 15.7. The Morgan fingerprint density at radius 2 is 2.17 bits per heavy atom. The van der Waals surface area contributed by atoms with Gasteiger partial charge in [0.2, 0.25) is 17.3 Å². The molecule has 2 aromatic heterocycles. The molecule has 0 aliphatic rings. The second kappa shape index (κ2) is 10.6. The van der Waals surface area contributed by atoms with Crippen LogP contribution in [0.3, 0.4) is 0 Å². The molecule has 11 nitrogen and oxygen atoms in total. The highest BCUT2D eigenvalue weighted by Crippen LogP contribution is 2.22. The molecule has 1 N–H and O–H groups in total. The number of hydrogen-bond acceptors (Lipinski definition) is 9. The number of methoxy groups -OCH3 is 1. The number of carbonyl (C=O) groups excluding carboxylic acids is 1. The van der Waals surface area contributed by atoms with Crippen molar-refractivity contribution < 1.29 is 23.7 Å². The molecule has 2 heterocycles. The quantitative estimate of drug-likeness (QED) is 0.310. The smallest absolute Gasteiger partial charge is 0.258 e. The van der Waals surface area contributed by atoms with E-state index in [2.05, 4.69) is 20.4 Å². The molecule has 2 aromatic rings. The summed E-state index contributed by atoms with van der Waals surface area (Å²) in [5, 5.41) is 17.7. The minimum atomic E-state index is -1.14. The Morgan fingerprint density at radius 3 is 2.87 bits per heavy atom. The van der Waals surface area contributed by atoms with Gasteiger partial charge in [0.05, 0.1) is 6.61 Å². The summed E-state index contributed by atoms with van der Waals surface area (Å²) in [5.41, 5.74) is -0.475. The van der Waals surface area contributed by atoms with Crippen LogP contribution >= 0.6 is 0 Å². The van der Waals surface area contributed by atoms with Gasteiger partial charge >= 0.3 is 0 Å². The SMILES string of the molecule is COCCOc1cc(-c2nc(C(C)CNC(=O)CCC(C)(C)[N+](=O)[O-])no2)ccn1. The Balaban J connectivity index is 1.89. The van der Waals surface area contributed by atoms with Crippen LogP contribution in [-0.2, 0) is 9.53 Å². The van der Waals surface area contributed by atoms with Crippen LogP contribution in [0.4, 0.5) is 0 Å². The van der Waals surface area contributed by atoms with E-state index in [4.69, 9.17) is 14.0 Å². The minimum Gasteiger partial charge on any atom is -0.475 e. The third-order valence-electron chi connectivity index (χ3n) is 4.47. The lowest BCUT2D eigenvalue weighted by atomic mass is 9.99. The molecule has 0 aliphatic heterocycles. The molecule has 0 saturated carbocycles. The first-order valence-corrected chi connectivity index (χ1v) is 9.56. The average Bonchev–Trinajstić information content (AvgIpc) is 3.21. The summed E-state index contributed by atoms with van der Waals surface area (Å²) in [6.07, 6.45) is 1.81. The Bertz CT molecular complexity index is 853. The van der Waals surface area contributed by atoms with Crippen molar-refractivity contribution in [1.29, 1.82) is 0 Å². The Labute approximate surface area is 174 Å². The zero-order valence-electron chi connectivity index (χ0n) is 17.6. The van der Waals surface area contributed by atoms with Crippen LogP contribution in [0.25, 0.3) is 11.5 Å². The molecule has 30 heavy (non-hydrogen) atoms. The number of rotatable bonds is 12. The lowest BCUT2D eigenvalue weighted by Gasteiger charge is -2.15. The molecule has 1 unspecified atom stereocenters. The van der Waals surface area contributed by atoms with Gasteiger partial charge in [0, 0.05) is 69.0 Å². The van der Waals surface area contributed by atoms with E-state index < -0.39 is 5.54 Å². The van der Waals surface area contributed by atoms with Crippen molar-refractivity contribution >= 4 is 5.91 Å². The molecule has 0 aromatic carbocycles. The van der Waals surface area contributed by atoms with Gasteiger partial charge in [-0.2, -0.15) is 4.98 Å². The van der Waals surface area contributed by atoms with E-state index >= 15 is 0 Å². The lowest BCUT2D eigenvalue weighted by Crippen LogP contribution is -2.34. The highest BCUT2D eigenvalue weighted by atomic mass is 16.6. The van der Waals surface area contributed by atoms with Crippen molar-refractivity contribution in [3.8, 4) is 17.3 Å². The molecule has 1 atom stereocenters. The molecule has 164 valence electrons. The van der Waals surface area contributed by atoms with Crippen molar-refractivity contribution in [2.45, 2.75) is 45.1 Å². The van der Waals surface area contributed by atoms with E-state index in [1.165, 1.54) is 13.8 Å². The largest absolute Gasteiger partial charge is 0.475 e. The second-order valence-electron chi connectivity index (χ2n) is 7.46. The fraction of sp³-hybridized carbons (Fsp3) is 0.579. The van der Waals surface area contributed by atoms with Crippen molar-refractivity contribution in [3.63, 3.8) is 0 Å². The van der Waals surface area contributed by atoms with Crippen LogP contribution in [0, 0.1) is 10.1 Å². The molecule has 1 amide bonds. The number of carbonyl (C=O) groups is 1. The van der Waals surface area contributed by atoms with Crippen molar-refractivity contribution in [1.82, 2.24) is 20.4 Å². The molecule has 0 spiro atoms. The molecule has 0 bridgehead atoms. The van der Waals surface area contributed by atoms with Gasteiger partial charge in [-0.15, -0.1) is 0 Å². The zero-order valence-corrected chi connectivity index (χ0v) is 17.6. The molecule has 11 heteroatoms. The number of nitro groups is 1. The highest BCUT2D eigenvalue weighted by molar-refractivity contribution is 5.76. The normalized spacial score (nSPS) is 12.4. The third kappa shape index (κ3) is 6.76. The number of hydrogen-bond donors (Lipinski definition) is 1. The van der Waals surface area contributed by atoms with E-state index in [0.29, 0.717) is 42.9 Å². The van der Waals surface area contributed by atoms with E-state index in [9.17, 15) is 14.9 Å². The summed E-state index contributed by atoms with van der Waals surface area (Å²) in [5.74, 6) is 0.716. The summed E-state index contributed by atoms with van der Waals surface area (Å²) in [7, 11) is 1.59. The maximum Gasteiger partial charge on any atom is 0.258 e. The van der Waals surface area contributed by atoms with Gasteiger partial charge < -0.3 is 19.3 Å². The van der Waals surface area contributed by atoms with E-state index in [1.54, 1.807) is 25.4 Å². The van der Waals surface area contributed by atoms with Crippen LogP contribution in [0.1, 0.15) is 45.4 Å². The molecule has 0 saturated heterocycles. The monoisotopic (exact) mass is 421 g/mol. The van der Waals surface area contributed by atoms with Crippen LogP contribution in [0.15, 0.2) is 22.9 Å². The van der Waals surface area contributed by atoms with Gasteiger partial charge in [-0.1, -0.05) is 12.1 Å².